The van der Waals surface area contributed by atoms with Crippen molar-refractivity contribution >= 4 is 17.3 Å². The Labute approximate surface area is 132 Å². The second-order valence-electron chi connectivity index (χ2n) is 5.29. The monoisotopic (exact) mass is 303 g/mol. The summed E-state index contributed by atoms with van der Waals surface area (Å²) in [5.74, 6) is 0.905. The highest BCUT2D eigenvalue weighted by atomic mass is 35.5. The lowest BCUT2D eigenvalue weighted by Crippen LogP contribution is -2.09. The van der Waals surface area contributed by atoms with Gasteiger partial charge in [-0.15, -0.1) is 0 Å². The Bertz CT molecular complexity index is 598. The van der Waals surface area contributed by atoms with Gasteiger partial charge in [0.25, 0.3) is 0 Å². The second-order valence-corrected chi connectivity index (χ2v) is 5.73. The van der Waals surface area contributed by atoms with E-state index in [1.165, 1.54) is 11.1 Å². The van der Waals surface area contributed by atoms with Crippen LogP contribution in [0.1, 0.15) is 31.4 Å². The molecular formula is C18H22ClNO. The average molecular weight is 304 g/mol. The van der Waals surface area contributed by atoms with Crippen molar-refractivity contribution in [3.8, 4) is 5.75 Å². The minimum absolute atomic E-state index is 0.235. The molecule has 21 heavy (non-hydrogen) atoms. The van der Waals surface area contributed by atoms with E-state index < -0.39 is 0 Å². The minimum Gasteiger partial charge on any atom is -0.491 e. The molecule has 0 aliphatic heterocycles. The van der Waals surface area contributed by atoms with Crippen LogP contribution in [0.5, 0.6) is 5.75 Å². The fourth-order valence-corrected chi connectivity index (χ4v) is 2.28. The van der Waals surface area contributed by atoms with E-state index in [4.69, 9.17) is 16.3 Å². The molecule has 0 spiro atoms. The van der Waals surface area contributed by atoms with Gasteiger partial charge in [0.2, 0.25) is 0 Å². The SMILES string of the molecule is CCC(C)Oc1cccc(NCc2ccc(Cl)cc2C)c1. The average Bonchev–Trinajstić information content (AvgIpc) is 2.46. The molecule has 2 aromatic carbocycles. The standard InChI is InChI=1S/C18H22ClNO/c1-4-14(3)21-18-7-5-6-17(11-18)20-12-15-8-9-16(19)10-13(15)2/h5-11,14,20H,4,12H2,1-3H3. The normalized spacial score (nSPS) is 12.0. The van der Waals surface area contributed by atoms with Gasteiger partial charge >= 0.3 is 0 Å². The first kappa shape index (κ1) is 15.7. The van der Waals surface area contributed by atoms with Gasteiger partial charge in [-0.25, -0.2) is 0 Å². The molecule has 0 aliphatic rings. The van der Waals surface area contributed by atoms with Crippen LogP contribution in [0.4, 0.5) is 5.69 Å². The summed E-state index contributed by atoms with van der Waals surface area (Å²) in [5.41, 5.74) is 3.50. The van der Waals surface area contributed by atoms with Crippen LogP contribution in [0.2, 0.25) is 5.02 Å². The maximum Gasteiger partial charge on any atom is 0.121 e. The van der Waals surface area contributed by atoms with E-state index in [1.807, 2.05) is 30.3 Å². The molecular weight excluding hydrogens is 282 g/mol. The molecule has 0 fully saturated rings. The zero-order valence-electron chi connectivity index (χ0n) is 12.8. The van der Waals surface area contributed by atoms with Crippen LogP contribution in [0.15, 0.2) is 42.5 Å². The Morgan fingerprint density at radius 1 is 1.19 bits per heavy atom. The molecule has 0 aliphatic carbocycles. The second kappa shape index (κ2) is 7.37. The third kappa shape index (κ3) is 4.68. The van der Waals surface area contributed by atoms with Crippen molar-refractivity contribution in [1.82, 2.24) is 0 Å². The maximum absolute atomic E-state index is 5.98. The molecule has 0 bridgehead atoms. The van der Waals surface area contributed by atoms with Crippen LogP contribution in [-0.4, -0.2) is 6.10 Å². The summed E-state index contributed by atoms with van der Waals surface area (Å²) >= 11 is 5.98. The van der Waals surface area contributed by atoms with Gasteiger partial charge in [0.1, 0.15) is 5.75 Å². The number of benzene rings is 2. The summed E-state index contributed by atoms with van der Waals surface area (Å²) in [7, 11) is 0. The predicted molar refractivity (Wildman–Crippen MR) is 90.3 cm³/mol. The van der Waals surface area contributed by atoms with Crippen molar-refractivity contribution in [1.29, 1.82) is 0 Å². The summed E-state index contributed by atoms with van der Waals surface area (Å²) < 4.78 is 5.84. The molecule has 2 rings (SSSR count). The van der Waals surface area contributed by atoms with Gasteiger partial charge in [-0.1, -0.05) is 30.7 Å². The number of halogens is 1. The highest BCUT2D eigenvalue weighted by Crippen LogP contribution is 2.21. The molecule has 112 valence electrons. The number of hydrogen-bond donors (Lipinski definition) is 1. The van der Waals surface area contributed by atoms with Gasteiger partial charge < -0.3 is 10.1 Å². The summed E-state index contributed by atoms with van der Waals surface area (Å²) in [5, 5.41) is 4.21. The van der Waals surface area contributed by atoms with Gasteiger partial charge in [-0.3, -0.25) is 0 Å². The largest absolute Gasteiger partial charge is 0.491 e. The Morgan fingerprint density at radius 3 is 2.71 bits per heavy atom. The minimum atomic E-state index is 0.235. The smallest absolute Gasteiger partial charge is 0.121 e. The Balaban J connectivity index is 2.01. The summed E-state index contributed by atoms with van der Waals surface area (Å²) in [4.78, 5) is 0. The van der Waals surface area contributed by atoms with Gasteiger partial charge in [-0.2, -0.15) is 0 Å². The highest BCUT2D eigenvalue weighted by Gasteiger charge is 2.03. The first-order chi connectivity index (χ1) is 10.1. The van der Waals surface area contributed by atoms with E-state index in [0.29, 0.717) is 0 Å². The maximum atomic E-state index is 5.98. The van der Waals surface area contributed by atoms with Crippen LogP contribution >= 0.6 is 11.6 Å². The van der Waals surface area contributed by atoms with Crippen molar-refractivity contribution in [2.75, 3.05) is 5.32 Å². The number of ether oxygens (including phenoxy) is 1. The number of rotatable bonds is 6. The van der Waals surface area contributed by atoms with Crippen LogP contribution in [0, 0.1) is 6.92 Å². The molecule has 2 nitrogen and oxygen atoms in total. The first-order valence-electron chi connectivity index (χ1n) is 7.34. The third-order valence-corrected chi connectivity index (χ3v) is 3.77. The van der Waals surface area contributed by atoms with E-state index in [0.717, 1.165) is 29.4 Å². The van der Waals surface area contributed by atoms with E-state index in [1.54, 1.807) is 0 Å². The fourth-order valence-electron chi connectivity index (χ4n) is 2.05. The molecule has 0 amide bonds. The van der Waals surface area contributed by atoms with Gasteiger partial charge in [0, 0.05) is 23.3 Å². The lowest BCUT2D eigenvalue weighted by molar-refractivity contribution is 0.217. The number of anilines is 1. The van der Waals surface area contributed by atoms with Gasteiger partial charge in [0.15, 0.2) is 0 Å². The van der Waals surface area contributed by atoms with Crippen molar-refractivity contribution in [2.24, 2.45) is 0 Å². The van der Waals surface area contributed by atoms with E-state index in [2.05, 4.69) is 38.2 Å². The summed E-state index contributed by atoms with van der Waals surface area (Å²) in [6.45, 7) is 7.05. The molecule has 0 saturated carbocycles. The molecule has 0 aromatic heterocycles. The highest BCUT2D eigenvalue weighted by molar-refractivity contribution is 6.30. The number of aryl methyl sites for hydroxylation is 1. The van der Waals surface area contributed by atoms with Gasteiger partial charge in [-0.05, 0) is 55.7 Å². The molecule has 3 heteroatoms. The van der Waals surface area contributed by atoms with E-state index in [-0.39, 0.29) is 6.10 Å². The van der Waals surface area contributed by atoms with Crippen LogP contribution in [0.25, 0.3) is 0 Å². The third-order valence-electron chi connectivity index (χ3n) is 3.53. The van der Waals surface area contributed by atoms with Crippen molar-refractivity contribution < 1.29 is 4.74 Å². The van der Waals surface area contributed by atoms with Crippen LogP contribution in [-0.2, 0) is 6.54 Å². The Kier molecular flexibility index (Phi) is 5.51. The molecule has 2 aromatic rings. The summed E-state index contributed by atoms with van der Waals surface area (Å²) in [6, 6.07) is 14.1. The molecule has 1 atom stereocenters. The molecule has 0 radical (unpaired) electrons. The quantitative estimate of drug-likeness (QED) is 0.767. The van der Waals surface area contributed by atoms with E-state index >= 15 is 0 Å². The lowest BCUT2D eigenvalue weighted by Gasteiger charge is -2.14. The molecule has 1 N–H and O–H groups in total. The Morgan fingerprint density at radius 2 is 2.00 bits per heavy atom. The molecule has 0 saturated heterocycles. The van der Waals surface area contributed by atoms with Gasteiger partial charge in [0.05, 0.1) is 6.10 Å². The molecule has 0 heterocycles. The van der Waals surface area contributed by atoms with Crippen molar-refractivity contribution in [3.05, 3.63) is 58.6 Å². The lowest BCUT2D eigenvalue weighted by atomic mass is 10.1. The van der Waals surface area contributed by atoms with Crippen LogP contribution in [0.3, 0.4) is 0 Å². The van der Waals surface area contributed by atoms with Crippen molar-refractivity contribution in [2.45, 2.75) is 39.8 Å². The first-order valence-corrected chi connectivity index (χ1v) is 7.72. The zero-order valence-corrected chi connectivity index (χ0v) is 13.6. The predicted octanol–water partition coefficient (Wildman–Crippen LogP) is 5.44. The zero-order chi connectivity index (χ0) is 15.2. The number of nitrogens with one attached hydrogen (secondary N) is 1. The van der Waals surface area contributed by atoms with Crippen molar-refractivity contribution in [3.63, 3.8) is 0 Å². The topological polar surface area (TPSA) is 21.3 Å². The van der Waals surface area contributed by atoms with E-state index in [9.17, 15) is 0 Å². The van der Waals surface area contributed by atoms with Crippen LogP contribution < -0.4 is 10.1 Å². The Hall–Kier alpha value is -1.67. The number of hydrogen-bond acceptors (Lipinski definition) is 2. The fraction of sp³-hybridized carbons (Fsp3) is 0.333. The molecule has 1 unspecified atom stereocenters. The summed E-state index contributed by atoms with van der Waals surface area (Å²) in [6.07, 6.45) is 1.24.